The Kier molecular flexibility index (Phi) is 4.66. The van der Waals surface area contributed by atoms with Crippen LogP contribution < -0.4 is 10.5 Å². The van der Waals surface area contributed by atoms with Gasteiger partial charge in [-0.15, -0.1) is 0 Å². The molecule has 1 aromatic rings. The number of nitrogens with two attached hydrogens (primary N) is 1. The Morgan fingerprint density at radius 3 is 2.35 bits per heavy atom. The summed E-state index contributed by atoms with van der Waals surface area (Å²) in [5.74, 6) is 0.626. The van der Waals surface area contributed by atoms with Crippen LogP contribution in [0, 0.1) is 10.8 Å². The predicted molar refractivity (Wildman–Crippen MR) is 72.3 cm³/mol. The fraction of sp³-hybridized carbons (Fsp3) is 0.417. The molecule has 0 aliphatic carbocycles. The molecule has 0 aliphatic heterocycles. The molecule has 0 saturated heterocycles. The number of halogens is 2. The Balaban J connectivity index is 2.60. The van der Waals surface area contributed by atoms with Crippen LogP contribution in [0.3, 0.4) is 0 Å². The van der Waals surface area contributed by atoms with Gasteiger partial charge in [-0.2, -0.15) is 0 Å². The molecule has 3 N–H and O–H groups in total. The monoisotopic (exact) mass is 274 g/mol. The summed E-state index contributed by atoms with van der Waals surface area (Å²) in [5, 5.41) is 8.40. The van der Waals surface area contributed by atoms with Gasteiger partial charge in [-0.1, -0.05) is 43.1 Å². The first-order valence-corrected chi connectivity index (χ1v) is 6.01. The molecule has 1 aromatic carbocycles. The van der Waals surface area contributed by atoms with Gasteiger partial charge in [0.1, 0.15) is 0 Å². The topological polar surface area (TPSA) is 59.1 Å². The molecule has 3 nitrogen and oxygen atoms in total. The van der Waals surface area contributed by atoms with Crippen LogP contribution in [0.2, 0.25) is 10.0 Å². The largest absolute Gasteiger partial charge is 0.490 e. The van der Waals surface area contributed by atoms with Crippen molar-refractivity contribution in [3.63, 3.8) is 0 Å². The van der Waals surface area contributed by atoms with Gasteiger partial charge in [0.05, 0.1) is 22.5 Å². The standard InChI is InChI=1S/C12H16Cl2N2O/c1-12(2,11(15)16)6-7-17-10-8(13)4-3-5-9(10)14/h3-5H,6-7H2,1-2H3,(H3,15,16). The number of benzene rings is 1. The van der Waals surface area contributed by atoms with Gasteiger partial charge < -0.3 is 10.5 Å². The normalized spacial score (nSPS) is 11.3. The van der Waals surface area contributed by atoms with Crippen LogP contribution in [-0.4, -0.2) is 12.4 Å². The zero-order valence-corrected chi connectivity index (χ0v) is 11.4. The van der Waals surface area contributed by atoms with Gasteiger partial charge in [0.25, 0.3) is 0 Å². The van der Waals surface area contributed by atoms with Crippen molar-refractivity contribution in [2.75, 3.05) is 6.61 Å². The minimum atomic E-state index is -0.381. The van der Waals surface area contributed by atoms with Crippen LogP contribution in [0.1, 0.15) is 20.3 Å². The van der Waals surface area contributed by atoms with Crippen molar-refractivity contribution in [2.45, 2.75) is 20.3 Å². The van der Waals surface area contributed by atoms with E-state index < -0.39 is 0 Å². The molecule has 0 saturated carbocycles. The minimum absolute atomic E-state index is 0.145. The Labute approximate surface area is 111 Å². The predicted octanol–water partition coefficient (Wildman–Crippen LogP) is 3.72. The highest BCUT2D eigenvalue weighted by Crippen LogP contribution is 2.33. The van der Waals surface area contributed by atoms with Crippen molar-refractivity contribution in [2.24, 2.45) is 11.1 Å². The van der Waals surface area contributed by atoms with Gasteiger partial charge in [0.2, 0.25) is 0 Å². The summed E-state index contributed by atoms with van der Waals surface area (Å²) in [7, 11) is 0. The molecule has 94 valence electrons. The van der Waals surface area contributed by atoms with E-state index in [0.717, 1.165) is 0 Å². The zero-order chi connectivity index (χ0) is 13.1. The lowest BCUT2D eigenvalue weighted by Gasteiger charge is -2.23. The molecule has 0 unspecified atom stereocenters. The van der Waals surface area contributed by atoms with Gasteiger partial charge in [0.15, 0.2) is 5.75 Å². The Morgan fingerprint density at radius 1 is 1.35 bits per heavy atom. The van der Waals surface area contributed by atoms with Crippen LogP contribution in [0.25, 0.3) is 0 Å². The lowest BCUT2D eigenvalue weighted by Crippen LogP contribution is -2.32. The number of ether oxygens (including phenoxy) is 1. The summed E-state index contributed by atoms with van der Waals surface area (Å²) in [5.41, 5.74) is 5.10. The first-order chi connectivity index (χ1) is 7.84. The van der Waals surface area contributed by atoms with Crippen molar-refractivity contribution >= 4 is 29.0 Å². The molecule has 0 bridgehead atoms. The summed E-state index contributed by atoms with van der Waals surface area (Å²) in [6.07, 6.45) is 0.629. The molecule has 0 atom stereocenters. The van der Waals surface area contributed by atoms with Crippen LogP contribution in [0.5, 0.6) is 5.75 Å². The number of hydrogen-bond acceptors (Lipinski definition) is 2. The second-order valence-electron chi connectivity index (χ2n) is 4.45. The summed E-state index contributed by atoms with van der Waals surface area (Å²) in [6.45, 7) is 4.20. The summed E-state index contributed by atoms with van der Waals surface area (Å²) >= 11 is 11.9. The maximum atomic E-state index is 7.43. The van der Waals surface area contributed by atoms with Gasteiger partial charge in [-0.25, -0.2) is 0 Å². The molecule has 0 radical (unpaired) electrons. The SMILES string of the molecule is CC(C)(CCOc1c(Cl)cccc1Cl)C(=N)N. The molecule has 5 heteroatoms. The third kappa shape index (κ3) is 3.79. The average Bonchev–Trinajstić information content (AvgIpc) is 2.22. The summed E-state index contributed by atoms with van der Waals surface area (Å²) in [6, 6.07) is 5.20. The van der Waals surface area contributed by atoms with Crippen molar-refractivity contribution in [3.05, 3.63) is 28.2 Å². The van der Waals surface area contributed by atoms with E-state index in [9.17, 15) is 0 Å². The van der Waals surface area contributed by atoms with Crippen LogP contribution in [0.15, 0.2) is 18.2 Å². The molecule has 0 aliphatic rings. The highest BCUT2D eigenvalue weighted by molar-refractivity contribution is 6.37. The van der Waals surface area contributed by atoms with Gasteiger partial charge in [-0.3, -0.25) is 5.41 Å². The number of rotatable bonds is 5. The summed E-state index contributed by atoms with van der Waals surface area (Å²) < 4.78 is 5.54. The quantitative estimate of drug-likeness (QED) is 0.635. The van der Waals surface area contributed by atoms with Gasteiger partial charge >= 0.3 is 0 Å². The van der Waals surface area contributed by atoms with E-state index in [4.69, 9.17) is 39.1 Å². The third-order valence-corrected chi connectivity index (χ3v) is 3.22. The molecular formula is C12H16Cl2N2O. The second-order valence-corrected chi connectivity index (χ2v) is 5.26. The average molecular weight is 275 g/mol. The molecule has 1 rings (SSSR count). The van der Waals surface area contributed by atoms with Crippen LogP contribution in [-0.2, 0) is 0 Å². The minimum Gasteiger partial charge on any atom is -0.490 e. The fourth-order valence-electron chi connectivity index (χ4n) is 1.16. The molecule has 17 heavy (non-hydrogen) atoms. The van der Waals surface area contributed by atoms with Gasteiger partial charge in [0, 0.05) is 5.41 Å². The highest BCUT2D eigenvalue weighted by atomic mass is 35.5. The third-order valence-electron chi connectivity index (χ3n) is 2.62. The van der Waals surface area contributed by atoms with Crippen molar-refractivity contribution in [1.82, 2.24) is 0 Å². The Hall–Kier alpha value is -0.930. The maximum absolute atomic E-state index is 7.43. The lowest BCUT2D eigenvalue weighted by molar-refractivity contribution is 0.269. The lowest BCUT2D eigenvalue weighted by atomic mass is 9.88. The molecule has 0 fully saturated rings. The number of amidine groups is 1. The van der Waals surface area contributed by atoms with Crippen molar-refractivity contribution in [1.29, 1.82) is 5.41 Å². The Morgan fingerprint density at radius 2 is 1.88 bits per heavy atom. The van der Waals surface area contributed by atoms with Crippen LogP contribution in [0.4, 0.5) is 0 Å². The first-order valence-electron chi connectivity index (χ1n) is 5.26. The molecular weight excluding hydrogens is 259 g/mol. The fourth-order valence-corrected chi connectivity index (χ4v) is 1.67. The molecule has 0 amide bonds. The molecule has 0 spiro atoms. The van der Waals surface area contributed by atoms with Gasteiger partial charge in [-0.05, 0) is 18.6 Å². The summed E-state index contributed by atoms with van der Waals surface area (Å²) in [4.78, 5) is 0. The van der Waals surface area contributed by atoms with Crippen molar-refractivity contribution in [3.8, 4) is 5.75 Å². The number of para-hydroxylation sites is 1. The number of nitrogens with one attached hydrogen (secondary N) is 1. The van der Waals surface area contributed by atoms with E-state index in [1.807, 2.05) is 13.8 Å². The van der Waals surface area contributed by atoms with E-state index in [1.54, 1.807) is 18.2 Å². The smallest absolute Gasteiger partial charge is 0.156 e. The number of hydrogen-bond donors (Lipinski definition) is 2. The zero-order valence-electron chi connectivity index (χ0n) is 9.89. The molecule has 0 aromatic heterocycles. The van der Waals surface area contributed by atoms with E-state index >= 15 is 0 Å². The first kappa shape index (κ1) is 14.1. The van der Waals surface area contributed by atoms with E-state index in [2.05, 4.69) is 0 Å². The van der Waals surface area contributed by atoms with E-state index in [1.165, 1.54) is 0 Å². The van der Waals surface area contributed by atoms with Crippen LogP contribution >= 0.6 is 23.2 Å². The van der Waals surface area contributed by atoms with Crippen molar-refractivity contribution < 1.29 is 4.74 Å². The Bertz CT molecular complexity index is 399. The van der Waals surface area contributed by atoms with E-state index in [-0.39, 0.29) is 11.3 Å². The maximum Gasteiger partial charge on any atom is 0.156 e. The molecule has 0 heterocycles. The van der Waals surface area contributed by atoms with E-state index in [0.29, 0.717) is 28.8 Å². The highest BCUT2D eigenvalue weighted by Gasteiger charge is 2.21. The second kappa shape index (κ2) is 5.61.